The summed E-state index contributed by atoms with van der Waals surface area (Å²) in [7, 11) is 1.56. The number of hydrogen-bond donors (Lipinski definition) is 2. The van der Waals surface area contributed by atoms with E-state index in [0.29, 0.717) is 11.3 Å². The molecule has 2 N–H and O–H groups in total. The Morgan fingerprint density at radius 3 is 2.46 bits per heavy atom. The number of methoxy groups -OCH3 is 1. The number of carbonyl (C=O) groups excluding carboxylic acids is 1. The minimum Gasteiger partial charge on any atom is -0.496 e. The summed E-state index contributed by atoms with van der Waals surface area (Å²) in [6, 6.07) is 2.79. The lowest BCUT2D eigenvalue weighted by atomic mass is 10.0. The van der Waals surface area contributed by atoms with Gasteiger partial charge in [0.15, 0.2) is 0 Å². The van der Waals surface area contributed by atoms with Gasteiger partial charge in [0, 0.05) is 23.1 Å². The molecule has 0 fully saturated rings. The Kier molecular flexibility index (Phi) is 5.75. The van der Waals surface area contributed by atoms with Crippen molar-refractivity contribution in [2.24, 2.45) is 5.92 Å². The maximum Gasteiger partial charge on any atom is 0.326 e. The Labute approximate surface area is 152 Å². The van der Waals surface area contributed by atoms with Crippen LogP contribution in [-0.2, 0) is 9.59 Å². The smallest absolute Gasteiger partial charge is 0.326 e. The summed E-state index contributed by atoms with van der Waals surface area (Å²) < 4.78 is 11.2. The predicted molar refractivity (Wildman–Crippen MR) is 100 cm³/mol. The molecule has 1 aromatic heterocycles. The van der Waals surface area contributed by atoms with Crippen LogP contribution in [0.15, 0.2) is 22.6 Å². The molecule has 0 aliphatic rings. The summed E-state index contributed by atoms with van der Waals surface area (Å²) in [5.41, 5.74) is 3.19. The van der Waals surface area contributed by atoms with Gasteiger partial charge in [0.25, 0.3) is 0 Å². The maximum absolute atomic E-state index is 12.3. The van der Waals surface area contributed by atoms with Crippen LogP contribution in [0.1, 0.15) is 37.7 Å². The van der Waals surface area contributed by atoms with E-state index in [1.807, 2.05) is 19.9 Å². The molecule has 1 unspecified atom stereocenters. The van der Waals surface area contributed by atoms with Crippen molar-refractivity contribution in [2.75, 3.05) is 7.11 Å². The molecule has 1 aromatic carbocycles. The number of hydrogen-bond acceptors (Lipinski definition) is 4. The number of rotatable bonds is 6. The number of carbonyl (C=O) groups is 2. The minimum atomic E-state index is -1.05. The highest BCUT2D eigenvalue weighted by atomic mass is 16.5. The molecule has 0 aliphatic carbocycles. The van der Waals surface area contributed by atoms with Crippen LogP contribution in [0.3, 0.4) is 0 Å². The number of aryl methyl sites for hydroxylation is 2. The van der Waals surface area contributed by atoms with Gasteiger partial charge in [-0.2, -0.15) is 0 Å². The van der Waals surface area contributed by atoms with Crippen LogP contribution in [0.2, 0.25) is 0 Å². The van der Waals surface area contributed by atoms with Crippen molar-refractivity contribution >= 4 is 28.4 Å². The number of allylic oxidation sites excluding steroid dienone is 1. The van der Waals surface area contributed by atoms with Gasteiger partial charge in [-0.25, -0.2) is 4.79 Å². The van der Waals surface area contributed by atoms with Crippen LogP contribution in [0.4, 0.5) is 0 Å². The lowest BCUT2D eigenvalue weighted by Gasteiger charge is -2.17. The van der Waals surface area contributed by atoms with Gasteiger partial charge in [-0.15, -0.1) is 0 Å². The third kappa shape index (κ3) is 3.90. The third-order valence-electron chi connectivity index (χ3n) is 4.50. The molecule has 6 heteroatoms. The lowest BCUT2D eigenvalue weighted by molar-refractivity contribution is -0.142. The number of amides is 1. The summed E-state index contributed by atoms with van der Waals surface area (Å²) in [4.78, 5) is 23.5. The van der Waals surface area contributed by atoms with Crippen LogP contribution in [0, 0.1) is 19.8 Å². The first-order valence-electron chi connectivity index (χ1n) is 8.45. The number of benzene rings is 1. The Bertz CT molecular complexity index is 876. The zero-order valence-corrected chi connectivity index (χ0v) is 16.0. The van der Waals surface area contributed by atoms with Crippen molar-refractivity contribution in [2.45, 2.75) is 40.7 Å². The van der Waals surface area contributed by atoms with Gasteiger partial charge < -0.3 is 19.6 Å². The second-order valence-electron chi connectivity index (χ2n) is 6.73. The van der Waals surface area contributed by atoms with E-state index in [9.17, 15) is 14.7 Å². The summed E-state index contributed by atoms with van der Waals surface area (Å²) >= 11 is 0. The van der Waals surface area contributed by atoms with Gasteiger partial charge in [-0.05, 0) is 43.9 Å². The molecule has 140 valence electrons. The van der Waals surface area contributed by atoms with Crippen LogP contribution in [0.5, 0.6) is 5.75 Å². The maximum atomic E-state index is 12.3. The Hall–Kier alpha value is -2.76. The van der Waals surface area contributed by atoms with Gasteiger partial charge in [0.2, 0.25) is 5.91 Å². The summed E-state index contributed by atoms with van der Waals surface area (Å²) in [5.74, 6) is -0.299. The fraction of sp³-hybridized carbons (Fsp3) is 0.400. The van der Waals surface area contributed by atoms with Gasteiger partial charge in [0.05, 0.1) is 7.11 Å². The van der Waals surface area contributed by atoms with Gasteiger partial charge in [-0.3, -0.25) is 4.79 Å². The third-order valence-corrected chi connectivity index (χ3v) is 4.50. The summed E-state index contributed by atoms with van der Waals surface area (Å²) in [5, 5.41) is 12.7. The molecule has 1 atom stereocenters. The van der Waals surface area contributed by atoms with E-state index >= 15 is 0 Å². The van der Waals surface area contributed by atoms with Crippen molar-refractivity contribution < 1.29 is 23.8 Å². The van der Waals surface area contributed by atoms with Crippen molar-refractivity contribution in [3.63, 3.8) is 0 Å². The standard InChI is InChI=1S/C20H25NO5/c1-10(2)19(20(23)24)21-18(22)7-11(3)14-8-15-12(4)13(5)26-17(15)9-16(14)25-6/h7-10,19H,1-6H3,(H,21,22)(H,23,24)/b11-7+. The molecule has 0 aliphatic heterocycles. The van der Waals surface area contributed by atoms with Crippen LogP contribution in [-0.4, -0.2) is 30.1 Å². The molecule has 1 heterocycles. The number of furan rings is 1. The highest BCUT2D eigenvalue weighted by Crippen LogP contribution is 2.34. The number of carboxylic acids is 1. The van der Waals surface area contributed by atoms with Gasteiger partial charge in [-0.1, -0.05) is 13.8 Å². The molecule has 2 rings (SSSR count). The van der Waals surface area contributed by atoms with Crippen LogP contribution in [0.25, 0.3) is 16.5 Å². The molecular formula is C20H25NO5. The normalized spacial score (nSPS) is 13.1. The quantitative estimate of drug-likeness (QED) is 0.768. The lowest BCUT2D eigenvalue weighted by Crippen LogP contribution is -2.43. The van der Waals surface area contributed by atoms with Crippen molar-refractivity contribution in [1.82, 2.24) is 5.32 Å². The van der Waals surface area contributed by atoms with E-state index in [-0.39, 0.29) is 5.92 Å². The number of aliphatic carboxylic acids is 1. The van der Waals surface area contributed by atoms with E-state index < -0.39 is 17.9 Å². The second-order valence-corrected chi connectivity index (χ2v) is 6.73. The highest BCUT2D eigenvalue weighted by Gasteiger charge is 2.23. The zero-order chi connectivity index (χ0) is 19.6. The Balaban J connectivity index is 2.39. The average Bonchev–Trinajstić information content (AvgIpc) is 2.84. The summed E-state index contributed by atoms with van der Waals surface area (Å²) in [6.07, 6.45) is 1.39. The van der Waals surface area contributed by atoms with Crippen molar-refractivity contribution in [1.29, 1.82) is 0 Å². The molecule has 1 amide bonds. The monoisotopic (exact) mass is 359 g/mol. The fourth-order valence-electron chi connectivity index (χ4n) is 2.83. The fourth-order valence-corrected chi connectivity index (χ4v) is 2.83. The summed E-state index contributed by atoms with van der Waals surface area (Å²) in [6.45, 7) is 9.16. The highest BCUT2D eigenvalue weighted by molar-refractivity contribution is 5.99. The van der Waals surface area contributed by atoms with Crippen LogP contribution < -0.4 is 10.1 Å². The topological polar surface area (TPSA) is 88.8 Å². The Morgan fingerprint density at radius 2 is 1.92 bits per heavy atom. The molecule has 26 heavy (non-hydrogen) atoms. The molecule has 0 radical (unpaired) electrons. The first-order valence-corrected chi connectivity index (χ1v) is 8.45. The van der Waals surface area contributed by atoms with E-state index in [1.165, 1.54) is 6.08 Å². The number of carboxylic acid groups (broad SMARTS) is 1. The predicted octanol–water partition coefficient (Wildman–Crippen LogP) is 3.69. The molecule has 0 saturated carbocycles. The van der Waals surface area contributed by atoms with Crippen LogP contribution >= 0.6 is 0 Å². The van der Waals surface area contributed by atoms with Crippen molar-refractivity contribution in [3.05, 3.63) is 35.1 Å². The molecule has 0 bridgehead atoms. The van der Waals surface area contributed by atoms with E-state index in [4.69, 9.17) is 9.15 Å². The van der Waals surface area contributed by atoms with E-state index in [2.05, 4.69) is 5.32 Å². The minimum absolute atomic E-state index is 0.215. The largest absolute Gasteiger partial charge is 0.496 e. The first kappa shape index (κ1) is 19.6. The van der Waals surface area contributed by atoms with Gasteiger partial charge in [0.1, 0.15) is 23.1 Å². The average molecular weight is 359 g/mol. The number of ether oxygens (including phenoxy) is 1. The second kappa shape index (κ2) is 7.64. The first-order chi connectivity index (χ1) is 12.1. The molecular weight excluding hydrogens is 334 g/mol. The molecule has 0 saturated heterocycles. The van der Waals surface area contributed by atoms with E-state index in [1.54, 1.807) is 33.9 Å². The van der Waals surface area contributed by atoms with E-state index in [0.717, 1.165) is 27.9 Å². The SMILES string of the molecule is COc1cc2oc(C)c(C)c2cc1/C(C)=C/C(=O)NC(C(=O)O)C(C)C. The Morgan fingerprint density at radius 1 is 1.27 bits per heavy atom. The molecule has 2 aromatic rings. The zero-order valence-electron chi connectivity index (χ0n) is 16.0. The number of fused-ring (bicyclic) bond motifs is 1. The van der Waals surface area contributed by atoms with Gasteiger partial charge >= 0.3 is 5.97 Å². The van der Waals surface area contributed by atoms with Crippen molar-refractivity contribution in [3.8, 4) is 5.75 Å². The molecule has 0 spiro atoms. The molecule has 6 nitrogen and oxygen atoms in total. The number of nitrogens with one attached hydrogen (secondary N) is 1.